The largest absolute Gasteiger partial charge is 0.308 e. The quantitative estimate of drug-likeness (QED) is 0.788. The predicted molar refractivity (Wildman–Crippen MR) is 70.4 cm³/mol. The van der Waals surface area contributed by atoms with Gasteiger partial charge in [-0.3, -0.25) is 9.59 Å². The van der Waals surface area contributed by atoms with Crippen LogP contribution in [-0.4, -0.2) is 22.8 Å². The molecule has 1 atom stereocenters. The van der Waals surface area contributed by atoms with Gasteiger partial charge in [0.1, 0.15) is 10.8 Å². The topological polar surface area (TPSA) is 37.4 Å². The van der Waals surface area contributed by atoms with E-state index in [9.17, 15) is 18.4 Å². The van der Waals surface area contributed by atoms with Gasteiger partial charge in [-0.2, -0.15) is 0 Å². The Labute approximate surface area is 117 Å². The Bertz CT molecular complexity index is 553. The maximum Gasteiger partial charge on any atom is 0.228 e. The maximum absolute atomic E-state index is 13.8. The zero-order chi connectivity index (χ0) is 14.2. The fraction of sp³-hybridized carbons (Fsp3) is 0.333. The van der Waals surface area contributed by atoms with Crippen molar-refractivity contribution in [3.63, 3.8) is 0 Å². The molecule has 1 aromatic rings. The van der Waals surface area contributed by atoms with E-state index >= 15 is 0 Å². The highest BCUT2D eigenvalue weighted by Crippen LogP contribution is 2.33. The summed E-state index contributed by atoms with van der Waals surface area (Å²) in [6.07, 6.45) is 0.151. The van der Waals surface area contributed by atoms with E-state index in [1.54, 1.807) is 0 Å². The van der Waals surface area contributed by atoms with Crippen LogP contribution >= 0.6 is 23.4 Å². The number of hydrogen-bond acceptors (Lipinski definition) is 3. The highest BCUT2D eigenvalue weighted by molar-refractivity contribution is 8.14. The second-order valence-electron chi connectivity index (χ2n) is 4.13. The van der Waals surface area contributed by atoms with Crippen molar-refractivity contribution in [2.75, 3.05) is 11.4 Å². The average Bonchev–Trinajstić information content (AvgIpc) is 2.66. The van der Waals surface area contributed by atoms with Gasteiger partial charge in [0.2, 0.25) is 5.91 Å². The molecular formula is C12H10ClF2NO2S. The number of amides is 1. The molecule has 1 fully saturated rings. The van der Waals surface area contributed by atoms with Crippen molar-refractivity contribution in [2.45, 2.75) is 18.6 Å². The van der Waals surface area contributed by atoms with E-state index in [4.69, 9.17) is 11.6 Å². The number of halogens is 3. The van der Waals surface area contributed by atoms with Crippen molar-refractivity contribution in [3.05, 3.63) is 28.8 Å². The van der Waals surface area contributed by atoms with E-state index in [0.29, 0.717) is 0 Å². The smallest absolute Gasteiger partial charge is 0.228 e. The normalized spacial score (nSPS) is 19.1. The maximum atomic E-state index is 13.8. The average molecular weight is 306 g/mol. The van der Waals surface area contributed by atoms with Gasteiger partial charge in [0.15, 0.2) is 10.9 Å². The summed E-state index contributed by atoms with van der Waals surface area (Å²) in [7, 11) is 0. The Morgan fingerprint density at radius 2 is 2.16 bits per heavy atom. The van der Waals surface area contributed by atoms with Gasteiger partial charge in [-0.25, -0.2) is 8.78 Å². The number of benzene rings is 1. The van der Waals surface area contributed by atoms with Gasteiger partial charge in [-0.15, -0.1) is 0 Å². The van der Waals surface area contributed by atoms with E-state index in [1.807, 2.05) is 0 Å². The third-order valence-corrected chi connectivity index (χ3v) is 4.06. The molecule has 1 unspecified atom stereocenters. The van der Waals surface area contributed by atoms with Crippen molar-refractivity contribution in [1.82, 2.24) is 0 Å². The van der Waals surface area contributed by atoms with Crippen LogP contribution in [0.3, 0.4) is 0 Å². The molecule has 0 radical (unpaired) electrons. The summed E-state index contributed by atoms with van der Waals surface area (Å²) in [5.74, 6) is -2.13. The van der Waals surface area contributed by atoms with E-state index < -0.39 is 16.7 Å². The SMILES string of the molecule is CC(=O)SC1CC(=O)N(c2ccc(F)c(Cl)c2F)C1. The Morgan fingerprint density at radius 1 is 1.47 bits per heavy atom. The predicted octanol–water partition coefficient (Wildman–Crippen LogP) is 3.00. The Hall–Kier alpha value is -1.14. The van der Waals surface area contributed by atoms with E-state index in [-0.39, 0.29) is 34.9 Å². The van der Waals surface area contributed by atoms with Gasteiger partial charge in [0.05, 0.1) is 5.69 Å². The lowest BCUT2D eigenvalue weighted by molar-refractivity contribution is -0.117. The number of anilines is 1. The Balaban J connectivity index is 2.26. The second kappa shape index (κ2) is 5.46. The van der Waals surface area contributed by atoms with Gasteiger partial charge in [-0.05, 0) is 12.1 Å². The van der Waals surface area contributed by atoms with Crippen molar-refractivity contribution >= 4 is 40.1 Å². The molecule has 3 nitrogen and oxygen atoms in total. The van der Waals surface area contributed by atoms with Gasteiger partial charge in [0.25, 0.3) is 0 Å². The number of hydrogen-bond donors (Lipinski definition) is 0. The fourth-order valence-corrected chi connectivity index (χ4v) is 3.02. The molecule has 0 aliphatic carbocycles. The van der Waals surface area contributed by atoms with Crippen LogP contribution in [0.25, 0.3) is 0 Å². The molecule has 0 spiro atoms. The Morgan fingerprint density at radius 3 is 2.79 bits per heavy atom. The highest BCUT2D eigenvalue weighted by Gasteiger charge is 2.33. The Kier molecular flexibility index (Phi) is 4.10. The van der Waals surface area contributed by atoms with Crippen molar-refractivity contribution in [3.8, 4) is 0 Å². The molecule has 0 aromatic heterocycles. The van der Waals surface area contributed by atoms with Gasteiger partial charge in [-0.1, -0.05) is 23.4 Å². The minimum Gasteiger partial charge on any atom is -0.308 e. The summed E-state index contributed by atoms with van der Waals surface area (Å²) in [4.78, 5) is 24.0. The molecule has 1 aliphatic rings. The van der Waals surface area contributed by atoms with Crippen LogP contribution in [0, 0.1) is 11.6 Å². The molecule has 1 saturated heterocycles. The van der Waals surface area contributed by atoms with Crippen molar-refractivity contribution in [2.24, 2.45) is 0 Å². The van der Waals surface area contributed by atoms with Crippen LogP contribution in [0.5, 0.6) is 0 Å². The molecule has 19 heavy (non-hydrogen) atoms. The number of carbonyl (C=O) groups excluding carboxylic acids is 2. The summed E-state index contributed by atoms with van der Waals surface area (Å²) in [5.41, 5.74) is -0.0527. The monoisotopic (exact) mass is 305 g/mol. The van der Waals surface area contributed by atoms with Crippen LogP contribution in [-0.2, 0) is 9.59 Å². The molecule has 7 heteroatoms. The van der Waals surface area contributed by atoms with Gasteiger partial charge < -0.3 is 4.90 Å². The number of carbonyl (C=O) groups is 2. The standard InChI is InChI=1S/C12H10ClF2NO2S/c1-6(17)19-7-4-10(18)16(5-7)9-3-2-8(14)11(13)12(9)15/h2-3,7H,4-5H2,1H3. The first-order valence-electron chi connectivity index (χ1n) is 5.51. The number of thioether (sulfide) groups is 1. The van der Waals surface area contributed by atoms with Gasteiger partial charge in [0, 0.05) is 25.1 Å². The highest BCUT2D eigenvalue weighted by atomic mass is 35.5. The van der Waals surface area contributed by atoms with Crippen LogP contribution in [0.4, 0.5) is 14.5 Å². The third kappa shape index (κ3) is 2.90. The van der Waals surface area contributed by atoms with Crippen LogP contribution in [0.1, 0.15) is 13.3 Å². The van der Waals surface area contributed by atoms with Crippen LogP contribution in [0.2, 0.25) is 5.02 Å². The molecule has 1 aromatic carbocycles. The van der Waals surface area contributed by atoms with Crippen LogP contribution < -0.4 is 4.90 Å². The summed E-state index contributed by atoms with van der Waals surface area (Å²) in [6, 6.07) is 2.19. The van der Waals surface area contributed by atoms with Crippen molar-refractivity contribution < 1.29 is 18.4 Å². The second-order valence-corrected chi connectivity index (χ2v) is 5.99. The molecule has 1 heterocycles. The lowest BCUT2D eigenvalue weighted by atomic mass is 10.2. The van der Waals surface area contributed by atoms with E-state index in [2.05, 4.69) is 0 Å². The zero-order valence-corrected chi connectivity index (χ0v) is 11.5. The van der Waals surface area contributed by atoms with Crippen molar-refractivity contribution in [1.29, 1.82) is 0 Å². The summed E-state index contributed by atoms with van der Waals surface area (Å²) in [6.45, 7) is 1.62. The first-order chi connectivity index (χ1) is 8.90. The fourth-order valence-electron chi connectivity index (χ4n) is 1.95. The number of rotatable bonds is 2. The molecule has 2 rings (SSSR count). The number of nitrogens with zero attached hydrogens (tertiary/aromatic N) is 1. The van der Waals surface area contributed by atoms with Crippen LogP contribution in [0.15, 0.2) is 12.1 Å². The molecule has 1 amide bonds. The molecule has 0 N–H and O–H groups in total. The molecule has 102 valence electrons. The lowest BCUT2D eigenvalue weighted by Crippen LogP contribution is -2.26. The molecular weight excluding hydrogens is 296 g/mol. The third-order valence-electron chi connectivity index (χ3n) is 2.73. The van der Waals surface area contributed by atoms with Gasteiger partial charge >= 0.3 is 0 Å². The minimum absolute atomic E-state index is 0.0527. The van der Waals surface area contributed by atoms with E-state index in [0.717, 1.165) is 17.8 Å². The first-order valence-corrected chi connectivity index (χ1v) is 6.77. The summed E-state index contributed by atoms with van der Waals surface area (Å²) >= 11 is 6.53. The summed E-state index contributed by atoms with van der Waals surface area (Å²) < 4.78 is 26.9. The molecule has 0 saturated carbocycles. The van der Waals surface area contributed by atoms with E-state index in [1.165, 1.54) is 17.9 Å². The zero-order valence-electron chi connectivity index (χ0n) is 9.95. The molecule has 1 aliphatic heterocycles. The summed E-state index contributed by atoms with van der Waals surface area (Å²) in [5, 5.41) is -0.946. The lowest BCUT2D eigenvalue weighted by Gasteiger charge is -2.17. The minimum atomic E-state index is -0.955. The first kappa shape index (κ1) is 14.3. The molecule has 0 bridgehead atoms.